The van der Waals surface area contributed by atoms with E-state index < -0.39 is 10.2 Å². The predicted molar refractivity (Wildman–Crippen MR) is 93.9 cm³/mol. The molecule has 1 fully saturated rings. The zero-order chi connectivity index (χ0) is 17.0. The Bertz CT molecular complexity index is 778. The Morgan fingerprint density at radius 1 is 1.12 bits per heavy atom. The molecular weight excluding hydrogens is 324 g/mol. The van der Waals surface area contributed by atoms with Gasteiger partial charge in [-0.25, -0.2) is 0 Å². The van der Waals surface area contributed by atoms with E-state index in [1.165, 1.54) is 0 Å². The van der Waals surface area contributed by atoms with Crippen molar-refractivity contribution in [3.05, 3.63) is 65.7 Å². The molecule has 6 heteroatoms. The third kappa shape index (κ3) is 3.61. The van der Waals surface area contributed by atoms with E-state index in [0.29, 0.717) is 6.54 Å². The van der Waals surface area contributed by atoms with E-state index in [9.17, 15) is 8.42 Å². The Morgan fingerprint density at radius 3 is 2.58 bits per heavy atom. The summed E-state index contributed by atoms with van der Waals surface area (Å²) in [6.07, 6.45) is 1.64. The second-order valence-electron chi connectivity index (χ2n) is 5.82. The summed E-state index contributed by atoms with van der Waals surface area (Å²) >= 11 is 0. The van der Waals surface area contributed by atoms with Crippen molar-refractivity contribution in [2.45, 2.75) is 25.4 Å². The van der Waals surface area contributed by atoms with Crippen LogP contribution in [0.3, 0.4) is 0 Å². The summed E-state index contributed by atoms with van der Waals surface area (Å²) in [5.41, 5.74) is 1.86. The highest BCUT2D eigenvalue weighted by Gasteiger charge is 2.36. The number of nitrogens with zero attached hydrogens (tertiary/aromatic N) is 1. The topological polar surface area (TPSA) is 58.6 Å². The molecule has 2 aromatic rings. The molecule has 1 heterocycles. The maximum absolute atomic E-state index is 12.8. The molecular formula is C18H22N2O3S. The van der Waals surface area contributed by atoms with Crippen LogP contribution in [0.2, 0.25) is 0 Å². The normalized spacial score (nSPS) is 18.6. The molecule has 0 aliphatic carbocycles. The minimum atomic E-state index is -3.55. The third-order valence-corrected chi connectivity index (χ3v) is 5.88. The fourth-order valence-corrected chi connectivity index (χ4v) is 4.57. The fourth-order valence-electron chi connectivity index (χ4n) is 3.13. The van der Waals surface area contributed by atoms with E-state index >= 15 is 0 Å². The van der Waals surface area contributed by atoms with Crippen LogP contribution in [0.15, 0.2) is 54.6 Å². The number of para-hydroxylation sites is 1. The number of benzene rings is 2. The van der Waals surface area contributed by atoms with Crippen LogP contribution in [-0.4, -0.2) is 26.4 Å². The van der Waals surface area contributed by atoms with Gasteiger partial charge in [-0.2, -0.15) is 17.4 Å². The highest BCUT2D eigenvalue weighted by atomic mass is 32.2. The summed E-state index contributed by atoms with van der Waals surface area (Å²) in [6, 6.07) is 17.0. The van der Waals surface area contributed by atoms with Crippen molar-refractivity contribution in [1.29, 1.82) is 0 Å². The van der Waals surface area contributed by atoms with Crippen LogP contribution in [0.25, 0.3) is 0 Å². The lowest BCUT2D eigenvalue weighted by Crippen LogP contribution is -2.40. The lowest BCUT2D eigenvalue weighted by Gasteiger charge is -2.25. The molecule has 1 unspecified atom stereocenters. The molecule has 128 valence electrons. The van der Waals surface area contributed by atoms with Crippen molar-refractivity contribution in [3.8, 4) is 5.75 Å². The first-order chi connectivity index (χ1) is 11.6. The van der Waals surface area contributed by atoms with Gasteiger partial charge in [-0.05, 0) is 24.5 Å². The minimum absolute atomic E-state index is 0.186. The van der Waals surface area contributed by atoms with Gasteiger partial charge in [0.15, 0.2) is 0 Å². The molecule has 1 saturated heterocycles. The molecule has 1 N–H and O–H groups in total. The summed E-state index contributed by atoms with van der Waals surface area (Å²) < 4.78 is 35.2. The molecule has 24 heavy (non-hydrogen) atoms. The molecule has 1 aliphatic rings. The summed E-state index contributed by atoms with van der Waals surface area (Å²) in [5.74, 6) is 0.729. The van der Waals surface area contributed by atoms with Gasteiger partial charge in [0.2, 0.25) is 0 Å². The first-order valence-electron chi connectivity index (χ1n) is 8.05. The van der Waals surface area contributed by atoms with Crippen LogP contribution in [0.1, 0.15) is 30.0 Å². The Labute approximate surface area is 143 Å². The maximum Gasteiger partial charge on any atom is 0.280 e. The van der Waals surface area contributed by atoms with Crippen molar-refractivity contribution >= 4 is 10.2 Å². The highest BCUT2D eigenvalue weighted by molar-refractivity contribution is 7.87. The number of nitrogens with one attached hydrogen (secondary N) is 1. The Hall–Kier alpha value is -1.89. The van der Waals surface area contributed by atoms with Crippen molar-refractivity contribution in [2.24, 2.45) is 0 Å². The number of hydrogen-bond donors (Lipinski definition) is 1. The molecule has 0 amide bonds. The van der Waals surface area contributed by atoms with Crippen molar-refractivity contribution < 1.29 is 13.2 Å². The quantitative estimate of drug-likeness (QED) is 0.875. The first-order valence-corrected chi connectivity index (χ1v) is 9.49. The second kappa shape index (κ2) is 7.34. The molecule has 1 aliphatic heterocycles. The van der Waals surface area contributed by atoms with Crippen LogP contribution in [0.5, 0.6) is 5.75 Å². The van der Waals surface area contributed by atoms with Crippen LogP contribution >= 0.6 is 0 Å². The van der Waals surface area contributed by atoms with Crippen LogP contribution in [0, 0.1) is 0 Å². The minimum Gasteiger partial charge on any atom is -0.496 e. The number of ether oxygens (including phenoxy) is 1. The van der Waals surface area contributed by atoms with Gasteiger partial charge in [-0.1, -0.05) is 48.5 Å². The van der Waals surface area contributed by atoms with Crippen LogP contribution in [-0.2, 0) is 16.8 Å². The van der Waals surface area contributed by atoms with Gasteiger partial charge in [-0.3, -0.25) is 0 Å². The Kier molecular flexibility index (Phi) is 5.18. The van der Waals surface area contributed by atoms with E-state index in [1.807, 2.05) is 54.6 Å². The van der Waals surface area contributed by atoms with Crippen molar-refractivity contribution in [3.63, 3.8) is 0 Å². The summed E-state index contributed by atoms with van der Waals surface area (Å²) in [6.45, 7) is 0.811. The Morgan fingerprint density at radius 2 is 1.83 bits per heavy atom. The third-order valence-electron chi connectivity index (χ3n) is 4.31. The molecule has 0 radical (unpaired) electrons. The van der Waals surface area contributed by atoms with Gasteiger partial charge in [-0.15, -0.1) is 0 Å². The largest absolute Gasteiger partial charge is 0.496 e. The van der Waals surface area contributed by atoms with E-state index in [4.69, 9.17) is 4.74 Å². The van der Waals surface area contributed by atoms with Crippen molar-refractivity contribution in [2.75, 3.05) is 13.7 Å². The summed E-state index contributed by atoms with van der Waals surface area (Å²) in [4.78, 5) is 0. The molecule has 1 atom stereocenters. The molecule has 0 bridgehead atoms. The zero-order valence-electron chi connectivity index (χ0n) is 13.7. The number of hydrogen-bond acceptors (Lipinski definition) is 3. The lowest BCUT2D eigenvalue weighted by atomic mass is 10.0. The molecule has 2 aromatic carbocycles. The first kappa shape index (κ1) is 17.0. The average molecular weight is 346 g/mol. The maximum atomic E-state index is 12.8. The van der Waals surface area contributed by atoms with E-state index in [1.54, 1.807) is 11.4 Å². The van der Waals surface area contributed by atoms with Gasteiger partial charge in [0.05, 0.1) is 13.2 Å². The van der Waals surface area contributed by atoms with Gasteiger partial charge in [0.1, 0.15) is 5.75 Å². The van der Waals surface area contributed by atoms with Gasteiger partial charge >= 0.3 is 0 Å². The molecule has 0 spiro atoms. The van der Waals surface area contributed by atoms with Crippen LogP contribution in [0.4, 0.5) is 0 Å². The van der Waals surface area contributed by atoms with Gasteiger partial charge in [0, 0.05) is 18.7 Å². The smallest absolute Gasteiger partial charge is 0.280 e. The lowest BCUT2D eigenvalue weighted by molar-refractivity contribution is 0.363. The summed E-state index contributed by atoms with van der Waals surface area (Å²) in [5, 5.41) is 0. The van der Waals surface area contributed by atoms with Gasteiger partial charge < -0.3 is 4.74 Å². The second-order valence-corrected chi connectivity index (χ2v) is 7.53. The number of methoxy groups -OCH3 is 1. The zero-order valence-corrected chi connectivity index (χ0v) is 14.5. The van der Waals surface area contributed by atoms with Gasteiger partial charge in [0.25, 0.3) is 10.2 Å². The molecule has 3 rings (SSSR count). The molecule has 5 nitrogen and oxygen atoms in total. The predicted octanol–water partition coefficient (Wildman–Crippen LogP) is 2.87. The SMILES string of the molecule is COc1ccccc1C1CCCN1S(=O)(=O)NCc1ccccc1. The standard InChI is InChI=1S/C18H22N2O3S/c1-23-18-12-6-5-10-16(18)17-11-7-13-20(17)24(21,22)19-14-15-8-3-2-4-9-15/h2-6,8-10,12,17,19H,7,11,13-14H2,1H3. The van der Waals surface area contributed by atoms with E-state index in [0.717, 1.165) is 29.7 Å². The number of rotatable bonds is 6. The highest BCUT2D eigenvalue weighted by Crippen LogP contribution is 2.38. The fraction of sp³-hybridized carbons (Fsp3) is 0.333. The molecule has 0 saturated carbocycles. The average Bonchev–Trinajstić information content (AvgIpc) is 3.11. The Balaban J connectivity index is 1.79. The summed E-state index contributed by atoms with van der Waals surface area (Å²) in [7, 11) is -1.94. The molecule has 0 aromatic heterocycles. The van der Waals surface area contributed by atoms with Crippen LogP contribution < -0.4 is 9.46 Å². The van der Waals surface area contributed by atoms with E-state index in [2.05, 4.69) is 4.72 Å². The van der Waals surface area contributed by atoms with Crippen molar-refractivity contribution in [1.82, 2.24) is 9.03 Å². The van der Waals surface area contributed by atoms with E-state index in [-0.39, 0.29) is 12.6 Å². The monoisotopic (exact) mass is 346 g/mol.